The molecule has 0 bridgehead atoms. The Labute approximate surface area is 180 Å². The first-order chi connectivity index (χ1) is 15.2. The molecule has 3 aromatic carbocycles. The highest BCUT2D eigenvalue weighted by atomic mass is 16.5. The summed E-state index contributed by atoms with van der Waals surface area (Å²) in [5.74, 6) is 2.45. The smallest absolute Gasteiger partial charge is 0.266 e. The van der Waals surface area contributed by atoms with Crippen LogP contribution in [0.15, 0.2) is 71.5 Å². The van der Waals surface area contributed by atoms with E-state index in [4.69, 9.17) is 19.2 Å². The molecule has 0 aliphatic carbocycles. The van der Waals surface area contributed by atoms with Gasteiger partial charge in [-0.25, -0.2) is 4.98 Å². The van der Waals surface area contributed by atoms with E-state index in [2.05, 4.69) is 0 Å². The van der Waals surface area contributed by atoms with Gasteiger partial charge in [0.25, 0.3) is 5.56 Å². The Hall–Kier alpha value is -4.06. The standard InChI is InChI=1S/C25H22N2O4/c1-29-19-14-12-18(13-15-19)27-23(26-21-9-5-4-8-20(21)25(27)28)16-11-17-7-6-10-22(30-2)24(17)31-3/h4-16H,1-3H3/b16-11+. The molecule has 6 nitrogen and oxygen atoms in total. The average molecular weight is 414 g/mol. The van der Waals surface area contributed by atoms with Gasteiger partial charge in [0.05, 0.1) is 37.9 Å². The molecule has 0 aliphatic heterocycles. The zero-order valence-corrected chi connectivity index (χ0v) is 17.5. The second-order valence-corrected chi connectivity index (χ2v) is 6.74. The predicted molar refractivity (Wildman–Crippen MR) is 122 cm³/mol. The Morgan fingerprint density at radius 1 is 0.806 bits per heavy atom. The van der Waals surface area contributed by atoms with Crippen molar-refractivity contribution >= 4 is 23.1 Å². The predicted octanol–water partition coefficient (Wildman–Crippen LogP) is 4.58. The van der Waals surface area contributed by atoms with Gasteiger partial charge in [0, 0.05) is 5.56 Å². The van der Waals surface area contributed by atoms with E-state index in [9.17, 15) is 4.79 Å². The maximum absolute atomic E-state index is 13.4. The van der Waals surface area contributed by atoms with E-state index in [1.165, 1.54) is 0 Å². The minimum Gasteiger partial charge on any atom is -0.497 e. The van der Waals surface area contributed by atoms with Crippen LogP contribution in [0.2, 0.25) is 0 Å². The molecular formula is C25H22N2O4. The Bertz CT molecular complexity index is 1310. The van der Waals surface area contributed by atoms with E-state index in [0.29, 0.717) is 39.7 Å². The summed E-state index contributed by atoms with van der Waals surface area (Å²) < 4.78 is 17.7. The SMILES string of the molecule is COc1ccc(-n2c(/C=C/c3cccc(OC)c3OC)nc3ccccc3c2=O)cc1. The minimum absolute atomic E-state index is 0.145. The molecule has 31 heavy (non-hydrogen) atoms. The van der Waals surface area contributed by atoms with Gasteiger partial charge in [-0.05, 0) is 54.6 Å². The molecule has 1 aromatic heterocycles. The number of benzene rings is 3. The third-order valence-corrected chi connectivity index (χ3v) is 4.98. The number of rotatable bonds is 6. The highest BCUT2D eigenvalue weighted by molar-refractivity contribution is 5.80. The van der Waals surface area contributed by atoms with Gasteiger partial charge in [0.1, 0.15) is 11.6 Å². The molecule has 156 valence electrons. The number of para-hydroxylation sites is 2. The van der Waals surface area contributed by atoms with Gasteiger partial charge in [-0.3, -0.25) is 9.36 Å². The molecule has 4 rings (SSSR count). The van der Waals surface area contributed by atoms with Crippen molar-refractivity contribution in [1.82, 2.24) is 9.55 Å². The zero-order valence-electron chi connectivity index (χ0n) is 17.5. The number of nitrogens with zero attached hydrogens (tertiary/aromatic N) is 2. The second kappa shape index (κ2) is 8.75. The maximum Gasteiger partial charge on any atom is 0.266 e. The van der Waals surface area contributed by atoms with Crippen molar-refractivity contribution in [1.29, 1.82) is 0 Å². The summed E-state index contributed by atoms with van der Waals surface area (Å²) in [6.45, 7) is 0. The summed E-state index contributed by atoms with van der Waals surface area (Å²) in [6.07, 6.45) is 3.66. The van der Waals surface area contributed by atoms with Crippen LogP contribution in [0.1, 0.15) is 11.4 Å². The highest BCUT2D eigenvalue weighted by Crippen LogP contribution is 2.32. The van der Waals surface area contributed by atoms with Crippen LogP contribution in [0, 0.1) is 0 Å². The first-order valence-electron chi connectivity index (χ1n) is 9.71. The van der Waals surface area contributed by atoms with E-state index in [0.717, 1.165) is 5.56 Å². The second-order valence-electron chi connectivity index (χ2n) is 6.74. The molecule has 0 aliphatic rings. The summed E-state index contributed by atoms with van der Waals surface area (Å²) in [4.78, 5) is 18.1. The number of fused-ring (bicyclic) bond motifs is 1. The Morgan fingerprint density at radius 2 is 1.58 bits per heavy atom. The molecular weight excluding hydrogens is 392 g/mol. The van der Waals surface area contributed by atoms with Crippen LogP contribution in [-0.2, 0) is 0 Å². The van der Waals surface area contributed by atoms with E-state index in [1.54, 1.807) is 38.0 Å². The molecule has 6 heteroatoms. The first kappa shape index (κ1) is 20.2. The zero-order chi connectivity index (χ0) is 21.8. The lowest BCUT2D eigenvalue weighted by Gasteiger charge is -2.13. The molecule has 0 amide bonds. The van der Waals surface area contributed by atoms with Crippen molar-refractivity contribution in [2.75, 3.05) is 21.3 Å². The molecule has 0 radical (unpaired) electrons. The van der Waals surface area contributed by atoms with Crippen molar-refractivity contribution in [2.24, 2.45) is 0 Å². The molecule has 0 saturated heterocycles. The Balaban J connectivity index is 1.91. The maximum atomic E-state index is 13.4. The number of aromatic nitrogens is 2. The lowest BCUT2D eigenvalue weighted by Crippen LogP contribution is -2.22. The fourth-order valence-corrected chi connectivity index (χ4v) is 3.45. The van der Waals surface area contributed by atoms with Crippen molar-refractivity contribution < 1.29 is 14.2 Å². The lowest BCUT2D eigenvalue weighted by atomic mass is 10.1. The van der Waals surface area contributed by atoms with Crippen LogP contribution in [0.5, 0.6) is 17.2 Å². The summed E-state index contributed by atoms with van der Waals surface area (Å²) in [6, 6.07) is 20.2. The summed E-state index contributed by atoms with van der Waals surface area (Å²) in [7, 11) is 4.79. The number of ether oxygens (including phenoxy) is 3. The van der Waals surface area contributed by atoms with Crippen molar-refractivity contribution in [3.8, 4) is 22.9 Å². The Kier molecular flexibility index (Phi) is 5.71. The van der Waals surface area contributed by atoms with Crippen LogP contribution in [0.25, 0.3) is 28.7 Å². The summed E-state index contributed by atoms with van der Waals surface area (Å²) in [5, 5.41) is 0.550. The largest absolute Gasteiger partial charge is 0.497 e. The van der Waals surface area contributed by atoms with Crippen molar-refractivity contribution in [3.05, 3.63) is 88.5 Å². The highest BCUT2D eigenvalue weighted by Gasteiger charge is 2.12. The molecule has 0 unspecified atom stereocenters. The van der Waals surface area contributed by atoms with Crippen LogP contribution in [0.3, 0.4) is 0 Å². The summed E-state index contributed by atoms with van der Waals surface area (Å²) in [5.41, 5.74) is 1.99. The van der Waals surface area contributed by atoms with Gasteiger partial charge in [-0.15, -0.1) is 0 Å². The van der Waals surface area contributed by atoms with Gasteiger partial charge >= 0.3 is 0 Å². The van der Waals surface area contributed by atoms with Crippen molar-refractivity contribution in [2.45, 2.75) is 0 Å². The van der Waals surface area contributed by atoms with Crippen LogP contribution >= 0.6 is 0 Å². The quantitative estimate of drug-likeness (QED) is 0.462. The van der Waals surface area contributed by atoms with E-state index in [-0.39, 0.29) is 5.56 Å². The van der Waals surface area contributed by atoms with Crippen LogP contribution in [-0.4, -0.2) is 30.9 Å². The van der Waals surface area contributed by atoms with E-state index in [1.807, 2.05) is 66.7 Å². The van der Waals surface area contributed by atoms with Gasteiger partial charge in [0.2, 0.25) is 0 Å². The molecule has 0 atom stereocenters. The van der Waals surface area contributed by atoms with E-state index < -0.39 is 0 Å². The number of hydrogen-bond acceptors (Lipinski definition) is 5. The van der Waals surface area contributed by atoms with Gasteiger partial charge in [0.15, 0.2) is 11.5 Å². The molecule has 0 spiro atoms. The van der Waals surface area contributed by atoms with Gasteiger partial charge in [-0.2, -0.15) is 0 Å². The van der Waals surface area contributed by atoms with Gasteiger partial charge < -0.3 is 14.2 Å². The average Bonchev–Trinajstić information content (AvgIpc) is 2.82. The third-order valence-electron chi connectivity index (χ3n) is 4.98. The van der Waals surface area contributed by atoms with Crippen LogP contribution < -0.4 is 19.8 Å². The topological polar surface area (TPSA) is 62.6 Å². The van der Waals surface area contributed by atoms with Crippen LogP contribution in [0.4, 0.5) is 0 Å². The third kappa shape index (κ3) is 3.88. The first-order valence-corrected chi connectivity index (χ1v) is 9.71. The minimum atomic E-state index is -0.145. The Morgan fingerprint density at radius 3 is 2.29 bits per heavy atom. The van der Waals surface area contributed by atoms with Crippen molar-refractivity contribution in [3.63, 3.8) is 0 Å². The molecule has 4 aromatic rings. The van der Waals surface area contributed by atoms with E-state index >= 15 is 0 Å². The number of methoxy groups -OCH3 is 3. The van der Waals surface area contributed by atoms with Gasteiger partial charge in [-0.1, -0.05) is 24.3 Å². The molecule has 0 saturated carbocycles. The fourth-order valence-electron chi connectivity index (χ4n) is 3.45. The summed E-state index contributed by atoms with van der Waals surface area (Å²) >= 11 is 0. The fraction of sp³-hybridized carbons (Fsp3) is 0.120. The number of hydrogen-bond donors (Lipinski definition) is 0. The lowest BCUT2D eigenvalue weighted by molar-refractivity contribution is 0.354. The molecule has 0 N–H and O–H groups in total. The monoisotopic (exact) mass is 414 g/mol. The normalized spacial score (nSPS) is 11.1. The molecule has 0 fully saturated rings. The molecule has 1 heterocycles.